The maximum atomic E-state index is 11.5. The third kappa shape index (κ3) is 5.35. The number of phenols is 1. The van der Waals surface area contributed by atoms with Crippen LogP contribution in [0.4, 0.5) is 11.4 Å². The molecule has 0 aliphatic rings. The van der Waals surface area contributed by atoms with Gasteiger partial charge in [-0.2, -0.15) is 0 Å². The van der Waals surface area contributed by atoms with E-state index in [-0.39, 0.29) is 17.5 Å². The van der Waals surface area contributed by atoms with Crippen LogP contribution >= 0.6 is 0 Å². The van der Waals surface area contributed by atoms with Crippen molar-refractivity contribution < 1.29 is 14.6 Å². The molecule has 0 fully saturated rings. The van der Waals surface area contributed by atoms with Crippen molar-refractivity contribution in [1.29, 1.82) is 0 Å². The molecule has 0 aliphatic carbocycles. The summed E-state index contributed by atoms with van der Waals surface area (Å²) >= 11 is 0. The molecule has 1 aromatic heterocycles. The van der Waals surface area contributed by atoms with E-state index >= 15 is 0 Å². The van der Waals surface area contributed by atoms with Gasteiger partial charge in [-0.05, 0) is 61.7 Å². The van der Waals surface area contributed by atoms with Crippen molar-refractivity contribution in [1.82, 2.24) is 4.98 Å². The van der Waals surface area contributed by atoms with Gasteiger partial charge in [0, 0.05) is 35.2 Å². The smallest absolute Gasteiger partial charge is 0.132 e. The number of benzene rings is 2. The topological polar surface area (TPSA) is 71.5 Å². The van der Waals surface area contributed by atoms with Crippen molar-refractivity contribution in [3.8, 4) is 11.5 Å². The number of hydrogen-bond acceptors (Lipinski definition) is 5. The number of ketones is 1. The lowest BCUT2D eigenvalue weighted by molar-refractivity contribution is -0.120. The summed E-state index contributed by atoms with van der Waals surface area (Å²) in [4.78, 5) is 15.5. The summed E-state index contributed by atoms with van der Waals surface area (Å²) < 4.78 is 5.95. The number of anilines is 2. The molecule has 0 radical (unpaired) electrons. The largest absolute Gasteiger partial charge is 0.507 e. The molecule has 5 nitrogen and oxygen atoms in total. The molecule has 1 unspecified atom stereocenters. The Labute approximate surface area is 171 Å². The van der Waals surface area contributed by atoms with Gasteiger partial charge in [0.1, 0.15) is 23.9 Å². The maximum absolute atomic E-state index is 11.5. The molecular weight excluding hydrogens is 364 g/mol. The summed E-state index contributed by atoms with van der Waals surface area (Å²) in [6, 6.07) is 15.5. The van der Waals surface area contributed by atoms with E-state index in [1.54, 1.807) is 19.3 Å². The maximum Gasteiger partial charge on any atom is 0.132 e. The lowest BCUT2D eigenvalue weighted by Crippen LogP contribution is -2.10. The van der Waals surface area contributed by atoms with Gasteiger partial charge in [0.05, 0.1) is 0 Å². The highest BCUT2D eigenvalue weighted by atomic mass is 16.5. The Kier molecular flexibility index (Phi) is 6.50. The van der Waals surface area contributed by atoms with E-state index in [9.17, 15) is 9.90 Å². The Morgan fingerprint density at radius 2 is 1.90 bits per heavy atom. The van der Waals surface area contributed by atoms with E-state index in [0.29, 0.717) is 24.3 Å². The second kappa shape index (κ2) is 9.24. The number of ether oxygens (including phenoxy) is 1. The van der Waals surface area contributed by atoms with Crippen LogP contribution < -0.4 is 10.1 Å². The molecule has 3 rings (SSSR count). The average Bonchev–Trinajstić information content (AvgIpc) is 2.72. The molecule has 0 spiro atoms. The van der Waals surface area contributed by atoms with Crippen molar-refractivity contribution >= 4 is 17.2 Å². The predicted molar refractivity (Wildman–Crippen MR) is 115 cm³/mol. The number of aromatic nitrogens is 1. The SMILES string of the molecule is CC(=O)C(C)Cc1ccc(OCc2cccc(Nc3ccncc3)c2)c(C)c1O. The standard InChI is InChI=1S/C24H26N2O3/c1-16(18(3)27)13-20-7-8-23(17(2)24(20)28)29-15-19-5-4-6-22(14-19)26-21-9-11-25-12-10-21/h4-12,14,16,28H,13,15H2,1-3H3,(H,25,26). The van der Waals surface area contributed by atoms with E-state index in [4.69, 9.17) is 4.74 Å². The van der Waals surface area contributed by atoms with Crippen molar-refractivity contribution in [2.24, 2.45) is 5.92 Å². The first-order chi connectivity index (χ1) is 13.9. The number of hydrogen-bond donors (Lipinski definition) is 2. The van der Waals surface area contributed by atoms with Crippen LogP contribution in [-0.4, -0.2) is 15.9 Å². The van der Waals surface area contributed by atoms with Crippen molar-refractivity contribution in [3.05, 3.63) is 77.6 Å². The van der Waals surface area contributed by atoms with Crippen LogP contribution in [0, 0.1) is 12.8 Å². The molecule has 150 valence electrons. The first kappa shape index (κ1) is 20.4. The number of carbonyl (C=O) groups excluding carboxylic acids is 1. The fraction of sp³-hybridized carbons (Fsp3) is 0.250. The number of phenolic OH excluding ortho intramolecular Hbond substituents is 1. The Bertz CT molecular complexity index is 987. The summed E-state index contributed by atoms with van der Waals surface area (Å²) in [5.41, 5.74) is 4.39. The Hall–Kier alpha value is -3.34. The number of nitrogens with one attached hydrogen (secondary N) is 1. The van der Waals surface area contributed by atoms with Crippen LogP contribution in [0.5, 0.6) is 11.5 Å². The van der Waals surface area contributed by atoms with Gasteiger partial charge in [0.25, 0.3) is 0 Å². The number of rotatable bonds is 8. The van der Waals surface area contributed by atoms with Crippen molar-refractivity contribution in [2.45, 2.75) is 33.8 Å². The summed E-state index contributed by atoms with van der Waals surface area (Å²) in [7, 11) is 0. The van der Waals surface area contributed by atoms with Gasteiger partial charge in [-0.3, -0.25) is 9.78 Å². The zero-order valence-electron chi connectivity index (χ0n) is 17.0. The minimum absolute atomic E-state index is 0.114. The first-order valence-corrected chi connectivity index (χ1v) is 9.64. The third-order valence-electron chi connectivity index (χ3n) is 4.98. The average molecular weight is 390 g/mol. The number of carbonyl (C=O) groups is 1. The van der Waals surface area contributed by atoms with Crippen LogP contribution in [0.3, 0.4) is 0 Å². The van der Waals surface area contributed by atoms with Crippen molar-refractivity contribution in [3.63, 3.8) is 0 Å². The third-order valence-corrected chi connectivity index (χ3v) is 4.98. The van der Waals surface area contributed by atoms with Gasteiger partial charge >= 0.3 is 0 Å². The Morgan fingerprint density at radius 3 is 2.62 bits per heavy atom. The minimum atomic E-state index is -0.122. The van der Waals surface area contributed by atoms with Crippen LogP contribution in [0.15, 0.2) is 60.9 Å². The molecule has 0 amide bonds. The first-order valence-electron chi connectivity index (χ1n) is 9.64. The lowest BCUT2D eigenvalue weighted by atomic mass is 9.95. The van der Waals surface area contributed by atoms with Crippen LogP contribution in [-0.2, 0) is 17.8 Å². The van der Waals surface area contributed by atoms with Gasteiger partial charge in [0.2, 0.25) is 0 Å². The van der Waals surface area contributed by atoms with Gasteiger partial charge in [-0.1, -0.05) is 25.1 Å². The highest BCUT2D eigenvalue weighted by molar-refractivity contribution is 5.78. The molecule has 1 heterocycles. The van der Waals surface area contributed by atoms with Crippen LogP contribution in [0.25, 0.3) is 0 Å². The Balaban J connectivity index is 1.67. The lowest BCUT2D eigenvalue weighted by Gasteiger charge is -2.15. The zero-order chi connectivity index (χ0) is 20.8. The van der Waals surface area contributed by atoms with Gasteiger partial charge < -0.3 is 15.2 Å². The summed E-state index contributed by atoms with van der Waals surface area (Å²) in [5, 5.41) is 13.8. The van der Waals surface area contributed by atoms with E-state index in [2.05, 4.69) is 10.3 Å². The monoisotopic (exact) mass is 390 g/mol. The van der Waals surface area contributed by atoms with E-state index < -0.39 is 0 Å². The number of Topliss-reactive ketones (excluding diaryl/α,β-unsaturated/α-hetero) is 1. The fourth-order valence-corrected chi connectivity index (χ4v) is 3.03. The minimum Gasteiger partial charge on any atom is -0.507 e. The van der Waals surface area contributed by atoms with Crippen LogP contribution in [0.1, 0.15) is 30.5 Å². The van der Waals surface area contributed by atoms with Gasteiger partial charge in [-0.25, -0.2) is 0 Å². The molecule has 29 heavy (non-hydrogen) atoms. The van der Waals surface area contributed by atoms with E-state index in [1.807, 2.05) is 62.4 Å². The molecule has 1 atom stereocenters. The molecule has 2 aromatic carbocycles. The highest BCUT2D eigenvalue weighted by Crippen LogP contribution is 2.32. The zero-order valence-corrected chi connectivity index (χ0v) is 17.0. The molecule has 5 heteroatoms. The second-order valence-corrected chi connectivity index (χ2v) is 7.26. The molecule has 0 bridgehead atoms. The van der Waals surface area contributed by atoms with Crippen LogP contribution in [0.2, 0.25) is 0 Å². The van der Waals surface area contributed by atoms with Gasteiger partial charge in [-0.15, -0.1) is 0 Å². The molecular formula is C24H26N2O3. The summed E-state index contributed by atoms with van der Waals surface area (Å²) in [5.74, 6) is 0.822. The summed E-state index contributed by atoms with van der Waals surface area (Å²) in [6.45, 7) is 5.65. The fourth-order valence-electron chi connectivity index (χ4n) is 3.03. The predicted octanol–water partition coefficient (Wildman–Crippen LogP) is 5.19. The molecule has 0 saturated carbocycles. The molecule has 2 N–H and O–H groups in total. The van der Waals surface area contributed by atoms with Crippen molar-refractivity contribution in [2.75, 3.05) is 5.32 Å². The second-order valence-electron chi connectivity index (χ2n) is 7.26. The molecule has 0 saturated heterocycles. The van der Waals surface area contributed by atoms with E-state index in [0.717, 1.165) is 22.5 Å². The molecule has 3 aromatic rings. The number of nitrogens with zero attached hydrogens (tertiary/aromatic N) is 1. The summed E-state index contributed by atoms with van der Waals surface area (Å²) in [6.07, 6.45) is 4.00. The molecule has 0 aliphatic heterocycles. The number of pyridine rings is 1. The Morgan fingerprint density at radius 1 is 1.14 bits per heavy atom. The highest BCUT2D eigenvalue weighted by Gasteiger charge is 2.15. The number of aromatic hydroxyl groups is 1. The van der Waals surface area contributed by atoms with E-state index in [1.165, 1.54) is 0 Å². The quantitative estimate of drug-likeness (QED) is 0.554. The van der Waals surface area contributed by atoms with Gasteiger partial charge in [0.15, 0.2) is 0 Å². The normalized spacial score (nSPS) is 11.7.